The SMILES string of the molecule is C1C[C@H]2C[I-]CC12. The van der Waals surface area contributed by atoms with Gasteiger partial charge in [0.2, 0.25) is 0 Å². The molecule has 0 aromatic carbocycles. The van der Waals surface area contributed by atoms with E-state index in [1.54, 1.807) is 21.7 Å². The third kappa shape index (κ3) is 0.609. The number of halogens is 1. The van der Waals surface area contributed by atoms with E-state index in [9.17, 15) is 0 Å². The summed E-state index contributed by atoms with van der Waals surface area (Å²) < 4.78 is 3.34. The Morgan fingerprint density at radius 3 is 1.86 bits per heavy atom. The Bertz CT molecular complexity index is 70.2. The van der Waals surface area contributed by atoms with Crippen molar-refractivity contribution >= 4 is 0 Å². The first-order valence-electron chi connectivity index (χ1n) is 3.00. The first-order chi connectivity index (χ1) is 3.47. The predicted octanol–water partition coefficient (Wildman–Crippen LogP) is -1.88. The fourth-order valence-corrected chi connectivity index (χ4v) is 5.67. The Hall–Kier alpha value is 0.730. The third-order valence-corrected chi connectivity index (χ3v) is 5.70. The first kappa shape index (κ1) is 4.59. The fourth-order valence-electron chi connectivity index (χ4n) is 1.39. The molecule has 1 saturated heterocycles. The second-order valence-corrected chi connectivity index (χ2v) is 5.44. The molecule has 1 aliphatic heterocycles. The molecule has 1 heteroatoms. The van der Waals surface area contributed by atoms with Crippen molar-refractivity contribution in [1.29, 1.82) is 0 Å². The third-order valence-electron chi connectivity index (χ3n) is 2.19. The quantitative estimate of drug-likeness (QED) is 0.323. The van der Waals surface area contributed by atoms with Gasteiger partial charge < -0.3 is 0 Å². The zero-order valence-electron chi connectivity index (χ0n) is 4.36. The van der Waals surface area contributed by atoms with Gasteiger partial charge in [-0.1, -0.05) is 0 Å². The number of alkyl halides is 2. The molecule has 42 valence electrons. The zero-order valence-corrected chi connectivity index (χ0v) is 6.52. The number of rotatable bonds is 0. The van der Waals surface area contributed by atoms with E-state index in [4.69, 9.17) is 0 Å². The van der Waals surface area contributed by atoms with Gasteiger partial charge in [0.05, 0.1) is 0 Å². The molecule has 0 N–H and O–H groups in total. The summed E-state index contributed by atoms with van der Waals surface area (Å²) in [5.74, 6) is 2.49. The molecule has 7 heavy (non-hydrogen) atoms. The average molecular weight is 209 g/mol. The normalized spacial score (nSPS) is 49.1. The van der Waals surface area contributed by atoms with E-state index in [-0.39, 0.29) is 0 Å². The summed E-state index contributed by atoms with van der Waals surface area (Å²) in [6.07, 6.45) is 3.18. The molecule has 0 bridgehead atoms. The molecule has 1 unspecified atom stereocenters. The average Bonchev–Trinajstić information content (AvgIpc) is 1.85. The number of hydrogen-bond acceptors (Lipinski definition) is 0. The standard InChI is InChI=1S/C6H10I/c1-2-6-4-7-3-5(1)6/h5-6H,1-4H2/q-1/t5-,6?/m0/s1. The molecule has 2 fully saturated rings. The van der Waals surface area contributed by atoms with Gasteiger partial charge in [-0.15, -0.1) is 0 Å². The second kappa shape index (κ2) is 1.61. The predicted molar refractivity (Wildman–Crippen MR) is 25.9 cm³/mol. The van der Waals surface area contributed by atoms with Crippen LogP contribution in [0.5, 0.6) is 0 Å². The number of hydrogen-bond donors (Lipinski definition) is 0. The van der Waals surface area contributed by atoms with Gasteiger partial charge in [0.15, 0.2) is 0 Å². The minimum absolute atomic E-state index is 0.724. The van der Waals surface area contributed by atoms with Gasteiger partial charge in [0.1, 0.15) is 0 Å². The Kier molecular flexibility index (Phi) is 1.05. The van der Waals surface area contributed by atoms with Crippen LogP contribution in [0.25, 0.3) is 0 Å². The van der Waals surface area contributed by atoms with Crippen LogP contribution in [0.3, 0.4) is 0 Å². The van der Waals surface area contributed by atoms with Crippen LogP contribution in [-0.4, -0.2) is 8.86 Å². The molecule has 0 nitrogen and oxygen atoms in total. The van der Waals surface area contributed by atoms with Gasteiger partial charge in [-0.05, 0) is 0 Å². The van der Waals surface area contributed by atoms with Gasteiger partial charge in [-0.25, -0.2) is 0 Å². The molecule has 1 aliphatic carbocycles. The van der Waals surface area contributed by atoms with Crippen molar-refractivity contribution in [2.45, 2.75) is 12.8 Å². The van der Waals surface area contributed by atoms with Crippen LogP contribution in [0, 0.1) is 11.8 Å². The van der Waals surface area contributed by atoms with Crippen LogP contribution in [-0.2, 0) is 0 Å². The van der Waals surface area contributed by atoms with Crippen LogP contribution in [0.2, 0.25) is 0 Å². The topological polar surface area (TPSA) is 0 Å². The molecule has 0 radical (unpaired) electrons. The van der Waals surface area contributed by atoms with Crippen LogP contribution < -0.4 is 21.2 Å². The van der Waals surface area contributed by atoms with Crippen molar-refractivity contribution in [3.05, 3.63) is 0 Å². The molecule has 0 aromatic rings. The molecule has 0 spiro atoms. The van der Waals surface area contributed by atoms with Crippen molar-refractivity contribution in [3.8, 4) is 0 Å². The molecule has 0 amide bonds. The van der Waals surface area contributed by atoms with E-state index < -0.39 is 0 Å². The van der Waals surface area contributed by atoms with E-state index in [0.29, 0.717) is 0 Å². The van der Waals surface area contributed by atoms with Crippen LogP contribution >= 0.6 is 0 Å². The monoisotopic (exact) mass is 209 g/mol. The van der Waals surface area contributed by atoms with Crippen molar-refractivity contribution < 1.29 is 21.2 Å². The Labute approximate surface area is 54.9 Å². The Morgan fingerprint density at radius 1 is 1.00 bits per heavy atom. The van der Waals surface area contributed by atoms with Crippen LogP contribution in [0.1, 0.15) is 12.8 Å². The van der Waals surface area contributed by atoms with Gasteiger partial charge in [-0.2, -0.15) is 0 Å². The summed E-state index contributed by atoms with van der Waals surface area (Å²) in [7, 11) is 0. The summed E-state index contributed by atoms with van der Waals surface area (Å²) in [6, 6.07) is 0. The summed E-state index contributed by atoms with van der Waals surface area (Å²) in [6.45, 7) is 0. The van der Waals surface area contributed by atoms with Crippen molar-refractivity contribution in [2.24, 2.45) is 11.8 Å². The van der Waals surface area contributed by atoms with Crippen LogP contribution in [0.15, 0.2) is 0 Å². The molecular formula is C6H10I-. The molecule has 2 atom stereocenters. The molecule has 0 aromatic heterocycles. The van der Waals surface area contributed by atoms with Gasteiger partial charge >= 0.3 is 54.7 Å². The molecule has 2 rings (SSSR count). The molecular weight excluding hydrogens is 199 g/mol. The number of fused-ring (bicyclic) bond motifs is 1. The van der Waals surface area contributed by atoms with E-state index in [1.807, 2.05) is 0 Å². The maximum absolute atomic E-state index is 1.67. The molecule has 1 saturated carbocycles. The Morgan fingerprint density at radius 2 is 1.57 bits per heavy atom. The van der Waals surface area contributed by atoms with Crippen LogP contribution in [0.4, 0.5) is 0 Å². The fraction of sp³-hybridized carbons (Fsp3) is 1.00. The second-order valence-electron chi connectivity index (χ2n) is 2.60. The zero-order chi connectivity index (χ0) is 4.69. The summed E-state index contributed by atoms with van der Waals surface area (Å²) >= 11 is 0.724. The van der Waals surface area contributed by atoms with Crippen molar-refractivity contribution in [2.75, 3.05) is 8.86 Å². The van der Waals surface area contributed by atoms with Gasteiger partial charge in [-0.3, -0.25) is 0 Å². The van der Waals surface area contributed by atoms with Crippen molar-refractivity contribution in [3.63, 3.8) is 0 Å². The summed E-state index contributed by atoms with van der Waals surface area (Å²) in [4.78, 5) is 0. The minimum atomic E-state index is 0.724. The van der Waals surface area contributed by atoms with E-state index in [0.717, 1.165) is 21.2 Å². The van der Waals surface area contributed by atoms with E-state index in [2.05, 4.69) is 0 Å². The van der Waals surface area contributed by atoms with Gasteiger partial charge in [0, 0.05) is 0 Å². The maximum atomic E-state index is 1.67. The van der Waals surface area contributed by atoms with E-state index in [1.165, 1.54) is 11.8 Å². The molecule has 1 heterocycles. The van der Waals surface area contributed by atoms with E-state index >= 15 is 0 Å². The summed E-state index contributed by atoms with van der Waals surface area (Å²) in [5, 5.41) is 0. The molecule has 2 aliphatic rings. The Balaban J connectivity index is 2.03. The van der Waals surface area contributed by atoms with Gasteiger partial charge in [0.25, 0.3) is 0 Å². The summed E-state index contributed by atoms with van der Waals surface area (Å²) in [5.41, 5.74) is 0. The van der Waals surface area contributed by atoms with Crippen molar-refractivity contribution in [1.82, 2.24) is 0 Å². The first-order valence-corrected chi connectivity index (χ1v) is 6.05.